The smallest absolute Gasteiger partial charge is 0.0314 e. The first-order valence-electron chi connectivity index (χ1n) is 4.19. The van der Waals surface area contributed by atoms with Gasteiger partial charge in [-0.3, -0.25) is 0 Å². The van der Waals surface area contributed by atoms with E-state index in [4.69, 9.17) is 5.73 Å². The van der Waals surface area contributed by atoms with Gasteiger partial charge in [-0.15, -0.1) is 0 Å². The van der Waals surface area contributed by atoms with Crippen LogP contribution in [-0.2, 0) is 0 Å². The van der Waals surface area contributed by atoms with Gasteiger partial charge in [-0.25, -0.2) is 0 Å². The highest BCUT2D eigenvalue weighted by molar-refractivity contribution is 5.64. The monoisotopic (exact) mass is 168 g/mol. The summed E-state index contributed by atoms with van der Waals surface area (Å²) in [6.45, 7) is 0. The zero-order valence-corrected chi connectivity index (χ0v) is 7.20. The zero-order chi connectivity index (χ0) is 9.10. The maximum absolute atomic E-state index is 5.59. The summed E-state index contributed by atoms with van der Waals surface area (Å²) in [5.41, 5.74) is 8.63. The first kappa shape index (κ1) is 7.87. The number of rotatable bonds is 1. The van der Waals surface area contributed by atoms with Crippen LogP contribution in [0.15, 0.2) is 48.5 Å². The SMILES string of the molecule is Nc1ccc(-c2[c]cccc2)cc1. The summed E-state index contributed by atoms with van der Waals surface area (Å²) in [4.78, 5) is 0. The summed E-state index contributed by atoms with van der Waals surface area (Å²) in [6, 6.07) is 18.9. The lowest BCUT2D eigenvalue weighted by Crippen LogP contribution is -1.83. The van der Waals surface area contributed by atoms with Gasteiger partial charge in [0, 0.05) is 5.69 Å². The Bertz CT molecular complexity index is 376. The first-order valence-corrected chi connectivity index (χ1v) is 4.19. The van der Waals surface area contributed by atoms with Crippen LogP contribution in [0.25, 0.3) is 11.1 Å². The molecule has 1 radical (unpaired) electrons. The van der Waals surface area contributed by atoms with Crippen LogP contribution in [0.1, 0.15) is 0 Å². The average molecular weight is 168 g/mol. The van der Waals surface area contributed by atoms with Gasteiger partial charge in [-0.2, -0.15) is 0 Å². The lowest BCUT2D eigenvalue weighted by Gasteiger charge is -2.00. The maximum Gasteiger partial charge on any atom is 0.0314 e. The van der Waals surface area contributed by atoms with Crippen molar-refractivity contribution < 1.29 is 0 Å². The molecule has 13 heavy (non-hydrogen) atoms. The average Bonchev–Trinajstić information content (AvgIpc) is 2.20. The van der Waals surface area contributed by atoms with Crippen molar-refractivity contribution in [3.8, 4) is 11.1 Å². The van der Waals surface area contributed by atoms with E-state index < -0.39 is 0 Å². The van der Waals surface area contributed by atoms with E-state index in [2.05, 4.69) is 6.07 Å². The zero-order valence-electron chi connectivity index (χ0n) is 7.20. The minimum Gasteiger partial charge on any atom is -0.399 e. The largest absolute Gasteiger partial charge is 0.399 e. The Morgan fingerprint density at radius 3 is 2.31 bits per heavy atom. The summed E-state index contributed by atoms with van der Waals surface area (Å²) in [5.74, 6) is 0. The normalized spacial score (nSPS) is 9.85. The van der Waals surface area contributed by atoms with E-state index in [1.54, 1.807) is 0 Å². The van der Waals surface area contributed by atoms with Gasteiger partial charge in [0.1, 0.15) is 0 Å². The van der Waals surface area contributed by atoms with Gasteiger partial charge in [0.05, 0.1) is 0 Å². The summed E-state index contributed by atoms with van der Waals surface area (Å²) in [7, 11) is 0. The maximum atomic E-state index is 5.59. The van der Waals surface area contributed by atoms with Crippen LogP contribution in [-0.4, -0.2) is 0 Å². The molecule has 2 rings (SSSR count). The molecule has 63 valence electrons. The van der Waals surface area contributed by atoms with Crippen LogP contribution in [0, 0.1) is 6.07 Å². The Morgan fingerprint density at radius 1 is 0.923 bits per heavy atom. The third-order valence-corrected chi connectivity index (χ3v) is 1.93. The van der Waals surface area contributed by atoms with Gasteiger partial charge in [0.15, 0.2) is 0 Å². The first-order chi connectivity index (χ1) is 6.36. The van der Waals surface area contributed by atoms with Crippen molar-refractivity contribution in [2.75, 3.05) is 5.73 Å². The van der Waals surface area contributed by atoms with Crippen LogP contribution in [0.2, 0.25) is 0 Å². The van der Waals surface area contributed by atoms with Gasteiger partial charge < -0.3 is 5.73 Å². The molecule has 0 amide bonds. The highest BCUT2D eigenvalue weighted by Gasteiger charge is 1.94. The molecular formula is C12H10N. The summed E-state index contributed by atoms with van der Waals surface area (Å²) in [5, 5.41) is 0. The molecule has 0 unspecified atom stereocenters. The van der Waals surface area contributed by atoms with Crippen molar-refractivity contribution in [2.24, 2.45) is 0 Å². The highest BCUT2D eigenvalue weighted by Crippen LogP contribution is 2.18. The second kappa shape index (κ2) is 3.31. The number of hydrogen-bond donors (Lipinski definition) is 1. The van der Waals surface area contributed by atoms with Crippen LogP contribution in [0.3, 0.4) is 0 Å². The molecule has 0 aliphatic heterocycles. The van der Waals surface area contributed by atoms with Crippen molar-refractivity contribution in [3.05, 3.63) is 54.6 Å². The van der Waals surface area contributed by atoms with Gasteiger partial charge in [-0.1, -0.05) is 36.4 Å². The molecule has 0 atom stereocenters. The Labute approximate surface area is 77.8 Å². The Hall–Kier alpha value is -1.76. The standard InChI is InChI=1S/C12H10N/c13-12-8-6-11(7-9-12)10-4-2-1-3-5-10/h1-4,6-9H,13H2. The fourth-order valence-electron chi connectivity index (χ4n) is 1.24. The predicted octanol–water partition coefficient (Wildman–Crippen LogP) is 2.74. The lowest BCUT2D eigenvalue weighted by molar-refractivity contribution is 1.60. The van der Waals surface area contributed by atoms with Crippen LogP contribution in [0.4, 0.5) is 5.69 Å². The van der Waals surface area contributed by atoms with E-state index in [1.807, 2.05) is 48.5 Å². The lowest BCUT2D eigenvalue weighted by atomic mass is 10.1. The third-order valence-electron chi connectivity index (χ3n) is 1.93. The molecule has 0 heterocycles. The molecule has 0 saturated carbocycles. The summed E-state index contributed by atoms with van der Waals surface area (Å²) in [6.07, 6.45) is 0. The third kappa shape index (κ3) is 1.70. The van der Waals surface area contributed by atoms with Crippen LogP contribution >= 0.6 is 0 Å². The molecular weight excluding hydrogens is 158 g/mol. The van der Waals surface area contributed by atoms with Crippen molar-refractivity contribution in [1.29, 1.82) is 0 Å². The van der Waals surface area contributed by atoms with Gasteiger partial charge in [0.2, 0.25) is 0 Å². The predicted molar refractivity (Wildman–Crippen MR) is 55.1 cm³/mol. The quantitative estimate of drug-likeness (QED) is 0.651. The molecule has 0 aromatic heterocycles. The second-order valence-corrected chi connectivity index (χ2v) is 2.90. The van der Waals surface area contributed by atoms with Crippen molar-refractivity contribution >= 4 is 5.69 Å². The molecule has 0 aliphatic carbocycles. The summed E-state index contributed by atoms with van der Waals surface area (Å²) >= 11 is 0. The molecule has 0 fully saturated rings. The van der Waals surface area contributed by atoms with E-state index in [-0.39, 0.29) is 0 Å². The molecule has 0 saturated heterocycles. The molecule has 2 aromatic carbocycles. The molecule has 0 aliphatic rings. The number of anilines is 1. The minimum atomic E-state index is 0.791. The summed E-state index contributed by atoms with van der Waals surface area (Å²) < 4.78 is 0. The molecule has 2 N–H and O–H groups in total. The van der Waals surface area contributed by atoms with Gasteiger partial charge in [0.25, 0.3) is 0 Å². The van der Waals surface area contributed by atoms with E-state index in [0.717, 1.165) is 16.8 Å². The van der Waals surface area contributed by atoms with Crippen molar-refractivity contribution in [3.63, 3.8) is 0 Å². The molecule has 0 spiro atoms. The Kier molecular flexibility index (Phi) is 2.01. The number of benzene rings is 2. The number of nitrogen functional groups attached to an aromatic ring is 1. The molecule has 0 bridgehead atoms. The highest BCUT2D eigenvalue weighted by atomic mass is 14.5. The van der Waals surface area contributed by atoms with Crippen molar-refractivity contribution in [2.45, 2.75) is 0 Å². The van der Waals surface area contributed by atoms with E-state index in [1.165, 1.54) is 0 Å². The van der Waals surface area contributed by atoms with Crippen LogP contribution < -0.4 is 5.73 Å². The van der Waals surface area contributed by atoms with Crippen molar-refractivity contribution in [1.82, 2.24) is 0 Å². The van der Waals surface area contributed by atoms with E-state index >= 15 is 0 Å². The fourth-order valence-corrected chi connectivity index (χ4v) is 1.24. The fraction of sp³-hybridized carbons (Fsp3) is 0. The topological polar surface area (TPSA) is 26.0 Å². The number of hydrogen-bond acceptors (Lipinski definition) is 1. The van der Waals surface area contributed by atoms with Crippen LogP contribution in [0.5, 0.6) is 0 Å². The minimum absolute atomic E-state index is 0.791. The van der Waals surface area contributed by atoms with E-state index in [0.29, 0.717) is 0 Å². The molecule has 2 aromatic rings. The Balaban J connectivity index is 2.42. The number of nitrogens with two attached hydrogens (primary N) is 1. The molecule has 1 heteroatoms. The van der Waals surface area contributed by atoms with Gasteiger partial charge in [-0.05, 0) is 29.3 Å². The Morgan fingerprint density at radius 2 is 1.69 bits per heavy atom. The molecule has 1 nitrogen and oxygen atoms in total. The second-order valence-electron chi connectivity index (χ2n) is 2.90. The van der Waals surface area contributed by atoms with Gasteiger partial charge >= 0.3 is 0 Å². The van der Waals surface area contributed by atoms with E-state index in [9.17, 15) is 0 Å².